The maximum atomic E-state index is 12.3. The van der Waals surface area contributed by atoms with E-state index in [9.17, 15) is 9.59 Å². The van der Waals surface area contributed by atoms with E-state index in [0.717, 1.165) is 0 Å². The smallest absolute Gasteiger partial charge is 0.371 e. The average Bonchev–Trinajstić information content (AvgIpc) is 2.85. The Morgan fingerprint density at radius 1 is 1.43 bits per heavy atom. The van der Waals surface area contributed by atoms with Crippen LogP contribution in [-0.2, 0) is 12.1 Å². The van der Waals surface area contributed by atoms with Gasteiger partial charge in [-0.05, 0) is 32.9 Å². The Hall–Kier alpha value is -2.57. The van der Waals surface area contributed by atoms with Gasteiger partial charge in [0.05, 0.1) is 6.54 Å². The molecule has 0 aliphatic heterocycles. The molecule has 0 fully saturated rings. The van der Waals surface area contributed by atoms with Gasteiger partial charge in [0.15, 0.2) is 5.82 Å². The number of carboxylic acids is 1. The van der Waals surface area contributed by atoms with Gasteiger partial charge in [0.1, 0.15) is 5.76 Å². The molecule has 0 radical (unpaired) electrons. The minimum atomic E-state index is -1.13. The maximum absolute atomic E-state index is 12.3. The predicted octanol–water partition coefficient (Wildman–Crippen LogP) is 1.90. The highest BCUT2D eigenvalue weighted by Crippen LogP contribution is 2.12. The molecule has 0 aromatic carbocycles. The lowest BCUT2D eigenvalue weighted by atomic mass is 10.1. The quantitative estimate of drug-likeness (QED) is 0.893. The molecule has 0 amide bonds. The summed E-state index contributed by atoms with van der Waals surface area (Å²) in [5.74, 6) is -0.658. The van der Waals surface area contributed by atoms with Gasteiger partial charge in [0, 0.05) is 17.9 Å². The van der Waals surface area contributed by atoms with Crippen molar-refractivity contribution in [2.75, 3.05) is 5.32 Å². The molecule has 112 valence electrons. The summed E-state index contributed by atoms with van der Waals surface area (Å²) in [5, 5.41) is 11.6. The molecular formula is C14H17N3O4. The van der Waals surface area contributed by atoms with Gasteiger partial charge in [-0.15, -0.1) is 0 Å². The third-order valence-corrected chi connectivity index (χ3v) is 2.87. The third kappa shape index (κ3) is 3.31. The minimum absolute atomic E-state index is 0.139. The second-order valence-corrected chi connectivity index (χ2v) is 5.55. The lowest BCUT2D eigenvalue weighted by molar-refractivity contribution is 0.0660. The van der Waals surface area contributed by atoms with Crippen molar-refractivity contribution >= 4 is 11.8 Å². The Morgan fingerprint density at radius 2 is 2.14 bits per heavy atom. The summed E-state index contributed by atoms with van der Waals surface area (Å²) >= 11 is 0. The number of rotatable bonds is 4. The summed E-state index contributed by atoms with van der Waals surface area (Å²) in [6, 6.07) is 2.91. The molecule has 7 heteroatoms. The number of aromatic nitrogens is 2. The second kappa shape index (κ2) is 5.43. The van der Waals surface area contributed by atoms with E-state index in [0.29, 0.717) is 5.76 Å². The fourth-order valence-corrected chi connectivity index (χ4v) is 1.82. The number of carboxylic acid groups (broad SMARTS) is 1. The second-order valence-electron chi connectivity index (χ2n) is 5.55. The van der Waals surface area contributed by atoms with Crippen molar-refractivity contribution in [2.45, 2.75) is 32.9 Å². The molecule has 0 aliphatic rings. The van der Waals surface area contributed by atoms with Crippen LogP contribution in [0.2, 0.25) is 0 Å². The first-order chi connectivity index (χ1) is 9.79. The van der Waals surface area contributed by atoms with Gasteiger partial charge in [-0.1, -0.05) is 0 Å². The molecule has 0 aliphatic carbocycles. The molecule has 2 N–H and O–H groups in total. The van der Waals surface area contributed by atoms with Gasteiger partial charge in [-0.3, -0.25) is 4.79 Å². The van der Waals surface area contributed by atoms with E-state index in [1.807, 2.05) is 20.8 Å². The van der Waals surface area contributed by atoms with E-state index in [1.54, 1.807) is 23.0 Å². The first kappa shape index (κ1) is 14.8. The molecule has 2 aromatic rings. The average molecular weight is 291 g/mol. The van der Waals surface area contributed by atoms with Gasteiger partial charge in [-0.25, -0.2) is 9.78 Å². The van der Waals surface area contributed by atoms with Crippen molar-refractivity contribution in [2.24, 2.45) is 0 Å². The fourth-order valence-electron chi connectivity index (χ4n) is 1.82. The molecule has 7 nitrogen and oxygen atoms in total. The van der Waals surface area contributed by atoms with Crippen LogP contribution < -0.4 is 10.9 Å². The Labute approximate surface area is 121 Å². The number of aromatic carboxylic acids is 1. The van der Waals surface area contributed by atoms with Crippen molar-refractivity contribution < 1.29 is 14.3 Å². The van der Waals surface area contributed by atoms with Crippen molar-refractivity contribution in [3.05, 3.63) is 46.4 Å². The maximum Gasteiger partial charge on any atom is 0.371 e. The van der Waals surface area contributed by atoms with Crippen LogP contribution in [0.4, 0.5) is 5.82 Å². The van der Waals surface area contributed by atoms with Crippen LogP contribution in [-0.4, -0.2) is 20.6 Å². The van der Waals surface area contributed by atoms with E-state index < -0.39 is 5.97 Å². The van der Waals surface area contributed by atoms with Crippen molar-refractivity contribution in [3.63, 3.8) is 0 Å². The predicted molar refractivity (Wildman–Crippen MR) is 76.5 cm³/mol. The summed E-state index contributed by atoms with van der Waals surface area (Å²) in [6.45, 7) is 5.95. The number of hydrogen-bond acceptors (Lipinski definition) is 5. The van der Waals surface area contributed by atoms with Gasteiger partial charge in [0.25, 0.3) is 5.56 Å². The summed E-state index contributed by atoms with van der Waals surface area (Å²) in [4.78, 5) is 27.0. The topological polar surface area (TPSA) is 97.4 Å². The largest absolute Gasteiger partial charge is 0.475 e. The van der Waals surface area contributed by atoms with Crippen LogP contribution in [0.15, 0.2) is 33.7 Å². The van der Waals surface area contributed by atoms with Crippen LogP contribution in [0.1, 0.15) is 37.1 Å². The molecule has 2 aromatic heterocycles. The van der Waals surface area contributed by atoms with Gasteiger partial charge >= 0.3 is 5.97 Å². The zero-order valence-corrected chi connectivity index (χ0v) is 12.1. The number of hydrogen-bond donors (Lipinski definition) is 2. The third-order valence-electron chi connectivity index (χ3n) is 2.87. The molecule has 0 saturated heterocycles. The van der Waals surface area contributed by atoms with Crippen LogP contribution in [0.5, 0.6) is 0 Å². The summed E-state index contributed by atoms with van der Waals surface area (Å²) in [6.07, 6.45) is 3.17. The van der Waals surface area contributed by atoms with Crippen molar-refractivity contribution in [1.82, 2.24) is 9.55 Å². The Bertz CT molecular complexity index is 709. The lowest BCUT2D eigenvalue weighted by Crippen LogP contribution is -2.35. The van der Waals surface area contributed by atoms with E-state index >= 15 is 0 Å². The molecular weight excluding hydrogens is 274 g/mol. The zero-order valence-electron chi connectivity index (χ0n) is 12.1. The summed E-state index contributed by atoms with van der Waals surface area (Å²) < 4.78 is 6.68. The Morgan fingerprint density at radius 3 is 2.71 bits per heavy atom. The zero-order chi connectivity index (χ0) is 15.6. The van der Waals surface area contributed by atoms with Crippen LogP contribution >= 0.6 is 0 Å². The molecule has 21 heavy (non-hydrogen) atoms. The number of nitrogens with one attached hydrogen (secondary N) is 1. The molecule has 0 unspecified atom stereocenters. The molecule has 2 rings (SSSR count). The number of nitrogens with zero attached hydrogens (tertiary/aromatic N) is 2. The van der Waals surface area contributed by atoms with Crippen LogP contribution in [0.3, 0.4) is 0 Å². The minimum Gasteiger partial charge on any atom is -0.475 e. The number of furan rings is 1. The van der Waals surface area contributed by atoms with E-state index in [-0.39, 0.29) is 29.2 Å². The van der Waals surface area contributed by atoms with Crippen LogP contribution in [0, 0.1) is 0 Å². The highest BCUT2D eigenvalue weighted by atomic mass is 16.4. The molecule has 0 spiro atoms. The first-order valence-electron chi connectivity index (χ1n) is 6.43. The highest BCUT2D eigenvalue weighted by Gasteiger charge is 2.17. The molecule has 0 atom stereocenters. The fraction of sp³-hybridized carbons (Fsp3) is 0.357. The number of anilines is 1. The van der Waals surface area contributed by atoms with Gasteiger partial charge < -0.3 is 19.4 Å². The lowest BCUT2D eigenvalue weighted by Gasteiger charge is -2.22. The molecule has 2 heterocycles. The van der Waals surface area contributed by atoms with Crippen LogP contribution in [0.25, 0.3) is 0 Å². The van der Waals surface area contributed by atoms with Crippen molar-refractivity contribution in [3.8, 4) is 0 Å². The number of carbonyl (C=O) groups is 1. The van der Waals surface area contributed by atoms with Crippen molar-refractivity contribution in [1.29, 1.82) is 0 Å². The SMILES string of the molecule is CC(C)(C)n1ccnc(NCc2ccc(C(=O)O)o2)c1=O. The highest BCUT2D eigenvalue weighted by molar-refractivity contribution is 5.84. The monoisotopic (exact) mass is 291 g/mol. The Balaban J connectivity index is 2.17. The first-order valence-corrected chi connectivity index (χ1v) is 6.43. The Kier molecular flexibility index (Phi) is 3.84. The van der Waals surface area contributed by atoms with Gasteiger partial charge in [-0.2, -0.15) is 0 Å². The standard InChI is InChI=1S/C14H17N3O4/c1-14(2,3)17-7-6-15-11(12(17)18)16-8-9-4-5-10(21-9)13(19)20/h4-7H,8H2,1-3H3,(H,15,16)(H,19,20). The van der Waals surface area contributed by atoms with E-state index in [4.69, 9.17) is 9.52 Å². The molecule has 0 saturated carbocycles. The van der Waals surface area contributed by atoms with E-state index in [2.05, 4.69) is 10.3 Å². The van der Waals surface area contributed by atoms with Gasteiger partial charge in [0.2, 0.25) is 5.76 Å². The summed E-state index contributed by atoms with van der Waals surface area (Å²) in [7, 11) is 0. The summed E-state index contributed by atoms with van der Waals surface area (Å²) in [5.41, 5.74) is -0.590. The normalized spacial score (nSPS) is 11.4. The van der Waals surface area contributed by atoms with E-state index in [1.165, 1.54) is 6.07 Å². The molecule has 0 bridgehead atoms.